The van der Waals surface area contributed by atoms with E-state index in [1.165, 1.54) is 43.4 Å². The molecule has 0 aliphatic rings. The molecule has 0 atom stereocenters. The molecule has 0 saturated carbocycles. The quantitative estimate of drug-likeness (QED) is 0.127. The number of aryl methyl sites for hydroxylation is 3. The number of nitrogens with zero attached hydrogens (tertiary/aromatic N) is 2. The van der Waals surface area contributed by atoms with E-state index in [2.05, 4.69) is 88.8 Å². The average Bonchev–Trinajstić information content (AvgIpc) is 3.49. The van der Waals surface area contributed by atoms with Gasteiger partial charge in [-0.05, 0) is 56.8 Å². The van der Waals surface area contributed by atoms with Gasteiger partial charge in [0, 0.05) is 36.5 Å². The molecule has 2 nitrogen and oxygen atoms in total. The van der Waals surface area contributed by atoms with Crippen LogP contribution in [-0.4, -0.2) is 23.2 Å². The summed E-state index contributed by atoms with van der Waals surface area (Å²) in [4.78, 5) is 9.05. The molecule has 0 unspecified atom stereocenters. The monoisotopic (exact) mass is 892 g/mol. The summed E-state index contributed by atoms with van der Waals surface area (Å²) in [7, 11) is 0. The zero-order valence-corrected chi connectivity index (χ0v) is 33.3. The van der Waals surface area contributed by atoms with Crippen molar-refractivity contribution in [3.8, 4) is 33.6 Å². The Bertz CT molecular complexity index is 2450. The summed E-state index contributed by atoms with van der Waals surface area (Å²) < 4.78 is 57.9. The third-order valence-electron chi connectivity index (χ3n) is 8.25. The Morgan fingerprint density at radius 1 is 0.792 bits per heavy atom. The molecule has 4 aromatic carbocycles. The zero-order chi connectivity index (χ0) is 39.2. The van der Waals surface area contributed by atoms with Gasteiger partial charge in [0.05, 0.1) is 0 Å². The second-order valence-corrected chi connectivity index (χ2v) is 24.6. The summed E-state index contributed by atoms with van der Waals surface area (Å²) in [6.07, 6.45) is 3.39. The Morgan fingerprint density at radius 3 is 2.25 bits per heavy atom. The molecule has 0 saturated heterocycles. The number of hydrogen-bond donors (Lipinski definition) is 0. The summed E-state index contributed by atoms with van der Waals surface area (Å²) in [5.74, 6) is 5.98. The number of benzene rings is 4. The molecule has 0 amide bonds. The van der Waals surface area contributed by atoms with Gasteiger partial charge in [-0.25, -0.2) is 0 Å². The molecule has 7 rings (SSSR count). The summed E-state index contributed by atoms with van der Waals surface area (Å²) in [5, 5.41) is 2.29. The standard InChI is InChI=1S/C27H22NS.C16H20GeN.Ir/c1-17(2)24-15-25(28-16-18(24)3)23-11-7-10-22-21-13-12-20(14-26(21)29-27(22)23)19-8-5-4-6-9-19;1-12-6-8-14(9-7-12)16-10-13(2)15(11-18-16)17(3,4)5;/h4-10,12-17H,1-3H3;6-8,10-11H,1-5H3;/q2*-1;/i3D3,17D;1D3;. The van der Waals surface area contributed by atoms with E-state index in [1.54, 1.807) is 43.4 Å². The van der Waals surface area contributed by atoms with Gasteiger partial charge in [-0.15, -0.1) is 23.8 Å². The van der Waals surface area contributed by atoms with Crippen LogP contribution in [0.3, 0.4) is 0 Å². The Balaban J connectivity index is 0.000000229. The maximum atomic E-state index is 8.52. The minimum absolute atomic E-state index is 0. The minimum Gasteiger partial charge on any atom is -0.304 e. The van der Waals surface area contributed by atoms with Crippen molar-refractivity contribution < 1.29 is 29.7 Å². The van der Waals surface area contributed by atoms with Crippen LogP contribution in [0.5, 0.6) is 0 Å². The van der Waals surface area contributed by atoms with Gasteiger partial charge in [0.2, 0.25) is 0 Å². The van der Waals surface area contributed by atoms with E-state index in [0.717, 1.165) is 26.9 Å². The van der Waals surface area contributed by atoms with Crippen molar-refractivity contribution in [1.29, 1.82) is 0 Å². The largest absolute Gasteiger partial charge is 0.304 e. The fourth-order valence-corrected chi connectivity index (χ4v) is 10.6. The summed E-state index contributed by atoms with van der Waals surface area (Å²) >= 11 is -0.202. The second kappa shape index (κ2) is 15.0. The van der Waals surface area contributed by atoms with Crippen LogP contribution in [0.2, 0.25) is 17.3 Å². The molecule has 5 heteroatoms. The molecule has 0 bridgehead atoms. The van der Waals surface area contributed by atoms with Crippen molar-refractivity contribution in [2.75, 3.05) is 0 Å². The number of fused-ring (bicyclic) bond motifs is 3. The smallest absolute Gasteiger partial charge is 0.0346 e. The molecule has 245 valence electrons. The Morgan fingerprint density at radius 2 is 1.58 bits per heavy atom. The maximum absolute atomic E-state index is 8.52. The van der Waals surface area contributed by atoms with Crippen molar-refractivity contribution in [2.24, 2.45) is 0 Å². The van der Waals surface area contributed by atoms with Gasteiger partial charge in [0.25, 0.3) is 0 Å². The van der Waals surface area contributed by atoms with Gasteiger partial charge in [-0.1, -0.05) is 67.8 Å². The molecule has 48 heavy (non-hydrogen) atoms. The Hall–Kier alpha value is -3.41. The van der Waals surface area contributed by atoms with Crippen LogP contribution in [0.15, 0.2) is 103 Å². The molecular formula is C43H42GeIrN2S-2. The van der Waals surface area contributed by atoms with Gasteiger partial charge in [0.1, 0.15) is 0 Å². The van der Waals surface area contributed by atoms with Crippen LogP contribution < -0.4 is 4.40 Å². The first-order valence-electron chi connectivity index (χ1n) is 19.2. The fraction of sp³-hybridized carbons (Fsp3) is 0.209. The van der Waals surface area contributed by atoms with Crippen LogP contribution in [0, 0.1) is 32.8 Å². The summed E-state index contributed by atoms with van der Waals surface area (Å²) in [5.41, 5.74) is 7.65. The molecular weight excluding hydrogens is 841 g/mol. The summed E-state index contributed by atoms with van der Waals surface area (Å²) in [6, 6.07) is 35.9. The van der Waals surface area contributed by atoms with Crippen molar-refractivity contribution in [2.45, 2.75) is 57.6 Å². The van der Waals surface area contributed by atoms with Crippen LogP contribution in [-0.2, 0) is 20.1 Å². The van der Waals surface area contributed by atoms with Gasteiger partial charge >= 0.3 is 117 Å². The Kier molecular flexibility index (Phi) is 8.57. The number of thiophene rings is 1. The minimum atomic E-state index is -2.32. The third kappa shape index (κ3) is 7.74. The first kappa shape index (κ1) is 27.4. The first-order chi connectivity index (χ1) is 25.2. The van der Waals surface area contributed by atoms with E-state index in [1.807, 2.05) is 30.5 Å². The second-order valence-electron chi connectivity index (χ2n) is 13.0. The molecule has 0 aliphatic heterocycles. The van der Waals surface area contributed by atoms with E-state index in [4.69, 9.17) is 9.60 Å². The van der Waals surface area contributed by atoms with Gasteiger partial charge < -0.3 is 4.98 Å². The number of rotatable bonds is 5. The molecule has 3 aromatic heterocycles. The predicted molar refractivity (Wildman–Crippen MR) is 207 cm³/mol. The number of hydrogen-bond acceptors (Lipinski definition) is 3. The van der Waals surface area contributed by atoms with Crippen molar-refractivity contribution >= 4 is 49.2 Å². The molecule has 3 heterocycles. The first-order valence-corrected chi connectivity index (χ1v) is 23.8. The summed E-state index contributed by atoms with van der Waals surface area (Å²) in [6.45, 7) is 1.13. The van der Waals surface area contributed by atoms with Crippen LogP contribution in [0.4, 0.5) is 0 Å². The topological polar surface area (TPSA) is 25.8 Å². The van der Waals surface area contributed by atoms with Crippen LogP contribution in [0.1, 0.15) is 51.6 Å². The fourth-order valence-electron chi connectivity index (χ4n) is 5.82. The van der Waals surface area contributed by atoms with Gasteiger partial charge in [-0.2, -0.15) is 11.3 Å². The molecule has 7 aromatic rings. The van der Waals surface area contributed by atoms with Gasteiger partial charge in [-0.3, -0.25) is 0 Å². The average molecular weight is 891 g/mol. The van der Waals surface area contributed by atoms with E-state index in [0.29, 0.717) is 16.8 Å². The molecule has 0 fully saturated rings. The molecule has 0 aliphatic carbocycles. The SMILES string of the molecule is [2H]C([2H])([2H])c1c[c-]c(-c2cc(C)[c]([Ge]([CH3])([CH3])[CH3])cn2)cc1.[2H]C([2H])([2H])c1cnc(-c2[c-]ccc3c2sc2cc(-c4ccccc4)ccc23)cc1C([2H])(C)C.[Ir]. The zero-order valence-electron chi connectivity index (χ0n) is 35.0. The van der Waals surface area contributed by atoms with E-state index in [9.17, 15) is 0 Å². The maximum Gasteiger partial charge on any atom is 0.0346 e. The van der Waals surface area contributed by atoms with Crippen LogP contribution >= 0.6 is 11.3 Å². The van der Waals surface area contributed by atoms with Crippen molar-refractivity contribution in [3.05, 3.63) is 138 Å². The number of aromatic nitrogens is 2. The van der Waals surface area contributed by atoms with E-state index < -0.39 is 32.9 Å². The normalized spacial score (nSPS) is 14.2. The third-order valence-corrected chi connectivity index (χ3v) is 13.9. The van der Waals surface area contributed by atoms with Crippen molar-refractivity contribution in [3.63, 3.8) is 0 Å². The molecule has 0 N–H and O–H groups in total. The molecule has 1 radical (unpaired) electrons. The van der Waals surface area contributed by atoms with Gasteiger partial charge in [0.15, 0.2) is 0 Å². The predicted octanol–water partition coefficient (Wildman–Crippen LogP) is 11.7. The Labute approximate surface area is 316 Å². The van der Waals surface area contributed by atoms with E-state index in [-0.39, 0.29) is 25.7 Å². The van der Waals surface area contributed by atoms with Crippen molar-refractivity contribution in [1.82, 2.24) is 9.97 Å². The van der Waals surface area contributed by atoms with E-state index >= 15 is 0 Å². The number of pyridine rings is 2. The molecule has 0 spiro atoms. The van der Waals surface area contributed by atoms with Crippen LogP contribution in [0.25, 0.3) is 53.8 Å².